The fourth-order valence-electron chi connectivity index (χ4n) is 2.62. The van der Waals surface area contributed by atoms with E-state index in [0.29, 0.717) is 49.0 Å². The van der Waals surface area contributed by atoms with Gasteiger partial charge in [-0.2, -0.15) is 4.98 Å². The van der Waals surface area contributed by atoms with Crippen LogP contribution in [0.5, 0.6) is 0 Å². The number of benzene rings is 1. The maximum absolute atomic E-state index is 12.9. The van der Waals surface area contributed by atoms with E-state index in [-0.39, 0.29) is 30.2 Å². The zero-order valence-electron chi connectivity index (χ0n) is 13.8. The molecule has 1 amide bonds. The third-order valence-corrected chi connectivity index (χ3v) is 4.16. The minimum Gasteiger partial charge on any atom is -0.352 e. The lowest BCUT2D eigenvalue weighted by Crippen LogP contribution is -2.41. The molecule has 2 aromatic rings. The molecule has 1 heterocycles. The Bertz CT molecular complexity index is 688. The van der Waals surface area contributed by atoms with Crippen LogP contribution in [0.15, 0.2) is 28.8 Å². The van der Waals surface area contributed by atoms with Crippen LogP contribution < -0.4 is 11.1 Å². The molecule has 1 aliphatic carbocycles. The number of amides is 1. The molecule has 1 saturated carbocycles. The summed E-state index contributed by atoms with van der Waals surface area (Å²) in [6.07, 6.45) is 3.85. The van der Waals surface area contributed by atoms with E-state index >= 15 is 0 Å². The Morgan fingerprint density at radius 1 is 1.36 bits per heavy atom. The first kappa shape index (κ1) is 19.3. The van der Waals surface area contributed by atoms with Crippen molar-refractivity contribution in [2.24, 2.45) is 11.7 Å². The van der Waals surface area contributed by atoms with Crippen molar-refractivity contribution < 1.29 is 13.7 Å². The minimum absolute atomic E-state index is 0. The first-order valence-electron chi connectivity index (χ1n) is 8.23. The van der Waals surface area contributed by atoms with Crippen LogP contribution in [0, 0.1) is 11.7 Å². The highest BCUT2D eigenvalue weighted by Crippen LogP contribution is 2.32. The number of carbonyl (C=O) groups excluding carboxylic acids is 1. The molecule has 1 fully saturated rings. The molecule has 136 valence electrons. The molecule has 1 atom stereocenters. The van der Waals surface area contributed by atoms with Crippen molar-refractivity contribution >= 4 is 18.3 Å². The summed E-state index contributed by atoms with van der Waals surface area (Å²) in [4.78, 5) is 16.2. The van der Waals surface area contributed by atoms with Gasteiger partial charge >= 0.3 is 0 Å². The lowest BCUT2D eigenvalue weighted by Gasteiger charge is -2.15. The van der Waals surface area contributed by atoms with E-state index in [0.717, 1.165) is 12.8 Å². The predicted octanol–water partition coefficient (Wildman–Crippen LogP) is 2.47. The number of hydrogen-bond acceptors (Lipinski definition) is 5. The smallest absolute Gasteiger partial charge is 0.226 e. The Morgan fingerprint density at radius 3 is 2.72 bits per heavy atom. The highest BCUT2D eigenvalue weighted by Gasteiger charge is 2.31. The number of carbonyl (C=O) groups is 1. The van der Waals surface area contributed by atoms with E-state index in [2.05, 4.69) is 15.5 Å². The summed E-state index contributed by atoms with van der Waals surface area (Å²) in [5.41, 5.74) is 6.37. The third kappa shape index (κ3) is 5.51. The summed E-state index contributed by atoms with van der Waals surface area (Å²) in [6.45, 7) is 0.487. The molecule has 25 heavy (non-hydrogen) atoms. The molecule has 1 unspecified atom stereocenters. The van der Waals surface area contributed by atoms with E-state index in [4.69, 9.17) is 10.3 Å². The van der Waals surface area contributed by atoms with Gasteiger partial charge in [0.2, 0.25) is 17.6 Å². The zero-order valence-corrected chi connectivity index (χ0v) is 14.6. The molecule has 0 spiro atoms. The number of halogens is 2. The summed E-state index contributed by atoms with van der Waals surface area (Å²) in [6, 6.07) is 6.00. The number of nitrogens with one attached hydrogen (secondary N) is 1. The summed E-state index contributed by atoms with van der Waals surface area (Å²) in [5, 5.41) is 6.87. The van der Waals surface area contributed by atoms with Crippen molar-refractivity contribution in [2.75, 3.05) is 6.54 Å². The van der Waals surface area contributed by atoms with Crippen molar-refractivity contribution in [3.05, 3.63) is 36.0 Å². The maximum atomic E-state index is 12.9. The second kappa shape index (κ2) is 8.92. The summed E-state index contributed by atoms with van der Waals surface area (Å²) in [5.74, 6) is 1.14. The second-order valence-electron chi connectivity index (χ2n) is 6.12. The number of hydrogen-bond donors (Lipinski definition) is 2. The van der Waals surface area contributed by atoms with Crippen LogP contribution in [0.2, 0.25) is 0 Å². The van der Waals surface area contributed by atoms with Crippen LogP contribution in [-0.4, -0.2) is 28.6 Å². The first-order chi connectivity index (χ1) is 11.7. The molecule has 8 heteroatoms. The fourth-order valence-corrected chi connectivity index (χ4v) is 2.62. The molecule has 0 aliphatic heterocycles. The van der Waals surface area contributed by atoms with Gasteiger partial charge in [-0.3, -0.25) is 4.79 Å². The monoisotopic (exact) mass is 368 g/mol. The molecule has 3 N–H and O–H groups in total. The van der Waals surface area contributed by atoms with Crippen LogP contribution >= 0.6 is 12.4 Å². The molecule has 0 bridgehead atoms. The largest absolute Gasteiger partial charge is 0.352 e. The van der Waals surface area contributed by atoms with Gasteiger partial charge in [0.1, 0.15) is 5.82 Å². The molecular weight excluding hydrogens is 347 g/mol. The van der Waals surface area contributed by atoms with Crippen LogP contribution in [0.1, 0.15) is 31.6 Å². The Morgan fingerprint density at radius 2 is 2.08 bits per heavy atom. The Balaban J connectivity index is 0.00000225. The van der Waals surface area contributed by atoms with E-state index in [1.807, 2.05) is 0 Å². The van der Waals surface area contributed by atoms with Gasteiger partial charge in [0, 0.05) is 31.0 Å². The van der Waals surface area contributed by atoms with Gasteiger partial charge in [0.25, 0.3) is 0 Å². The van der Waals surface area contributed by atoms with E-state index in [9.17, 15) is 9.18 Å². The average Bonchev–Trinajstić information content (AvgIpc) is 3.32. The average molecular weight is 369 g/mol. The highest BCUT2D eigenvalue weighted by atomic mass is 35.5. The van der Waals surface area contributed by atoms with Crippen molar-refractivity contribution in [1.82, 2.24) is 15.5 Å². The highest BCUT2D eigenvalue weighted by molar-refractivity contribution is 5.85. The predicted molar refractivity (Wildman–Crippen MR) is 93.6 cm³/mol. The molecule has 1 aromatic heterocycles. The standard InChI is InChI=1S/C17H21FN4O2.ClH/c18-13-8-6-12(7-9-13)17-21-16(24-22-17)3-1-2-15(23)20-14(10-19)11-4-5-11;/h6-9,11,14H,1-5,10,19H2,(H,20,23);1H. The summed E-state index contributed by atoms with van der Waals surface area (Å²) < 4.78 is 18.1. The van der Waals surface area contributed by atoms with E-state index in [1.54, 1.807) is 12.1 Å². The summed E-state index contributed by atoms with van der Waals surface area (Å²) in [7, 11) is 0. The second-order valence-corrected chi connectivity index (χ2v) is 6.12. The maximum Gasteiger partial charge on any atom is 0.226 e. The van der Waals surface area contributed by atoms with Crippen molar-refractivity contribution in [3.8, 4) is 11.4 Å². The van der Waals surface area contributed by atoms with Gasteiger partial charge in [-0.1, -0.05) is 5.16 Å². The molecule has 6 nitrogen and oxygen atoms in total. The fraction of sp³-hybridized carbons (Fsp3) is 0.471. The number of rotatable bonds is 8. The van der Waals surface area contributed by atoms with Crippen molar-refractivity contribution in [1.29, 1.82) is 0 Å². The number of aromatic nitrogens is 2. The van der Waals surface area contributed by atoms with E-state index < -0.39 is 0 Å². The molecule has 0 saturated heterocycles. The molecule has 0 radical (unpaired) electrons. The van der Waals surface area contributed by atoms with Crippen molar-refractivity contribution in [3.63, 3.8) is 0 Å². The van der Waals surface area contributed by atoms with Gasteiger partial charge in [0.05, 0.1) is 0 Å². The molecule has 1 aromatic carbocycles. The topological polar surface area (TPSA) is 94.0 Å². The minimum atomic E-state index is -0.310. The Labute approximate surface area is 151 Å². The van der Waals surface area contributed by atoms with Gasteiger partial charge in [-0.25, -0.2) is 4.39 Å². The quantitative estimate of drug-likeness (QED) is 0.746. The number of aryl methyl sites for hydroxylation is 1. The van der Waals surface area contributed by atoms with Crippen LogP contribution in [0.25, 0.3) is 11.4 Å². The van der Waals surface area contributed by atoms with Gasteiger partial charge in [-0.05, 0) is 49.4 Å². The number of nitrogens with two attached hydrogens (primary N) is 1. The Kier molecular flexibility index (Phi) is 6.90. The van der Waals surface area contributed by atoms with E-state index in [1.165, 1.54) is 12.1 Å². The lowest BCUT2D eigenvalue weighted by atomic mass is 10.1. The molecule has 1 aliphatic rings. The first-order valence-corrected chi connectivity index (χ1v) is 8.23. The van der Waals surface area contributed by atoms with Crippen molar-refractivity contribution in [2.45, 2.75) is 38.1 Å². The van der Waals surface area contributed by atoms with Crippen LogP contribution in [-0.2, 0) is 11.2 Å². The van der Waals surface area contributed by atoms with Gasteiger partial charge < -0.3 is 15.6 Å². The molecule has 3 rings (SSSR count). The summed E-state index contributed by atoms with van der Waals surface area (Å²) >= 11 is 0. The van der Waals surface area contributed by atoms with Gasteiger partial charge in [0.15, 0.2) is 0 Å². The third-order valence-electron chi connectivity index (χ3n) is 4.16. The molecular formula is C17H22ClFN4O2. The van der Waals surface area contributed by atoms with Gasteiger partial charge in [-0.15, -0.1) is 12.4 Å². The van der Waals surface area contributed by atoms with Crippen LogP contribution in [0.3, 0.4) is 0 Å². The van der Waals surface area contributed by atoms with Crippen LogP contribution in [0.4, 0.5) is 4.39 Å². The SMILES string of the molecule is Cl.NCC(NC(=O)CCCc1nc(-c2ccc(F)cc2)no1)C1CC1. The zero-order chi connectivity index (χ0) is 16.9. The Hall–Kier alpha value is -1.99. The normalized spacial score (nSPS) is 14.6. The number of nitrogens with zero attached hydrogens (tertiary/aromatic N) is 2. The lowest BCUT2D eigenvalue weighted by molar-refractivity contribution is -0.122.